The van der Waals surface area contributed by atoms with Crippen LogP contribution in [0.25, 0.3) is 10.8 Å². The Labute approximate surface area is 250 Å². The summed E-state index contributed by atoms with van der Waals surface area (Å²) in [7, 11) is 0. The number of hydrogen-bond donors (Lipinski definition) is 1. The van der Waals surface area contributed by atoms with Gasteiger partial charge in [-0.3, -0.25) is 14.4 Å². The molecule has 0 radical (unpaired) electrons. The third-order valence-corrected chi connectivity index (χ3v) is 9.52. The van der Waals surface area contributed by atoms with E-state index in [2.05, 4.69) is 0 Å². The number of para-hydroxylation sites is 1. The Balaban J connectivity index is 1.35. The normalized spacial score (nSPS) is 29.1. The van der Waals surface area contributed by atoms with E-state index >= 15 is 0 Å². The van der Waals surface area contributed by atoms with Crippen LogP contribution in [-0.4, -0.2) is 71.2 Å². The molecule has 4 aliphatic heterocycles. The van der Waals surface area contributed by atoms with Gasteiger partial charge in [0.2, 0.25) is 11.8 Å². The minimum atomic E-state index is -1.36. The molecule has 0 saturated carbocycles. The number of nitrogens with zero attached hydrogens (tertiary/aromatic N) is 3. The molecule has 4 heterocycles. The van der Waals surface area contributed by atoms with Gasteiger partial charge in [0.1, 0.15) is 11.6 Å². The quantitative estimate of drug-likeness (QED) is 0.464. The van der Waals surface area contributed by atoms with Crippen molar-refractivity contribution in [3.63, 3.8) is 0 Å². The molecule has 7 rings (SSSR count). The summed E-state index contributed by atoms with van der Waals surface area (Å²) < 4.78 is 6.78. The first-order valence-electron chi connectivity index (χ1n) is 15.0. The van der Waals surface area contributed by atoms with Crippen molar-refractivity contribution in [2.24, 2.45) is 17.8 Å². The second kappa shape index (κ2) is 10.5. The van der Waals surface area contributed by atoms with Gasteiger partial charge in [-0.15, -0.1) is 0 Å². The van der Waals surface area contributed by atoms with Crippen molar-refractivity contribution in [1.82, 2.24) is 4.90 Å². The zero-order valence-corrected chi connectivity index (χ0v) is 24.2. The van der Waals surface area contributed by atoms with E-state index in [9.17, 15) is 19.5 Å². The zero-order valence-electron chi connectivity index (χ0n) is 24.2. The van der Waals surface area contributed by atoms with Gasteiger partial charge in [-0.2, -0.15) is 0 Å². The molecule has 6 atom stereocenters. The largest absolute Gasteiger partial charge is 0.394 e. The summed E-state index contributed by atoms with van der Waals surface area (Å²) in [5, 5.41) is 12.6. The van der Waals surface area contributed by atoms with Crippen LogP contribution in [0.2, 0.25) is 0 Å². The number of anilines is 2. The van der Waals surface area contributed by atoms with Gasteiger partial charge in [0, 0.05) is 24.5 Å². The van der Waals surface area contributed by atoms with Gasteiger partial charge < -0.3 is 24.5 Å². The Hall–Kier alpha value is -4.27. The van der Waals surface area contributed by atoms with E-state index in [0.717, 1.165) is 16.5 Å². The zero-order chi connectivity index (χ0) is 29.9. The average molecular weight is 578 g/mol. The summed E-state index contributed by atoms with van der Waals surface area (Å²) in [5.74, 6) is -2.72. The Bertz CT molecular complexity index is 1650. The maximum absolute atomic E-state index is 14.8. The fraction of sp³-hybridized carbons (Fsp3) is 0.343. The molecular weight excluding hydrogens is 542 g/mol. The SMILES string of the molecule is CC(C)[C@H](CO)N1C(=O)[C@@H]2[C@@H]3C(=O)N(c4ccccc4)CC=C[C@@H]3O[C@@]23C=CCN(c2ccc4ccccc4c2)C(=O)C13. The number of benzene rings is 3. The Morgan fingerprint density at radius 1 is 0.837 bits per heavy atom. The maximum atomic E-state index is 14.8. The van der Waals surface area contributed by atoms with Crippen LogP contribution in [0.1, 0.15) is 13.8 Å². The molecule has 1 N–H and O–H groups in total. The maximum Gasteiger partial charge on any atom is 0.253 e. The summed E-state index contributed by atoms with van der Waals surface area (Å²) in [5.41, 5.74) is 0.0877. The lowest BCUT2D eigenvalue weighted by Crippen LogP contribution is -2.59. The van der Waals surface area contributed by atoms with Crippen molar-refractivity contribution in [3.8, 4) is 0 Å². The van der Waals surface area contributed by atoms with Gasteiger partial charge in [-0.25, -0.2) is 0 Å². The number of ether oxygens (including phenoxy) is 1. The molecule has 3 aromatic carbocycles. The summed E-state index contributed by atoms with van der Waals surface area (Å²) in [6.07, 6.45) is 6.82. The standard InChI is InChI=1S/C35H35N3O5/c1-22(2)27(21-39)38-31-34(42)37(26-16-15-23-10-6-7-11-24(23)20-26)19-9-17-35(31)30(33(38)41)29-28(43-35)14-8-18-36(32(29)40)25-12-4-3-5-13-25/h3-17,20,22,27-31,39H,18-19,21H2,1-2H3/t27-,28-,29+,30-,31?,35-/m0/s1. The van der Waals surface area contributed by atoms with Crippen molar-refractivity contribution < 1.29 is 24.2 Å². The summed E-state index contributed by atoms with van der Waals surface area (Å²) in [6.45, 7) is 4.18. The van der Waals surface area contributed by atoms with Gasteiger partial charge in [-0.1, -0.05) is 86.7 Å². The smallest absolute Gasteiger partial charge is 0.253 e. The highest BCUT2D eigenvalue weighted by Gasteiger charge is 2.72. The van der Waals surface area contributed by atoms with Gasteiger partial charge in [-0.05, 0) is 41.0 Å². The van der Waals surface area contributed by atoms with Crippen molar-refractivity contribution in [2.75, 3.05) is 29.5 Å². The minimum absolute atomic E-state index is 0.139. The van der Waals surface area contributed by atoms with E-state index in [1.54, 1.807) is 9.80 Å². The molecule has 1 spiro atoms. The van der Waals surface area contributed by atoms with Gasteiger partial charge in [0.05, 0.1) is 30.6 Å². The Kier molecular flexibility index (Phi) is 6.71. The van der Waals surface area contributed by atoms with Crippen LogP contribution in [0.3, 0.4) is 0 Å². The average Bonchev–Trinajstić information content (AvgIpc) is 3.32. The number of carbonyl (C=O) groups is 3. The molecule has 3 amide bonds. The molecule has 4 aliphatic rings. The third-order valence-electron chi connectivity index (χ3n) is 9.52. The van der Waals surface area contributed by atoms with E-state index in [-0.39, 0.29) is 36.8 Å². The first-order valence-corrected chi connectivity index (χ1v) is 15.0. The van der Waals surface area contributed by atoms with Gasteiger partial charge in [0.15, 0.2) is 0 Å². The molecule has 2 fully saturated rings. The van der Waals surface area contributed by atoms with E-state index in [1.165, 1.54) is 4.90 Å². The number of carbonyl (C=O) groups excluding carboxylic acids is 3. The predicted octanol–water partition coefficient (Wildman–Crippen LogP) is 3.94. The van der Waals surface area contributed by atoms with Gasteiger partial charge >= 0.3 is 0 Å². The van der Waals surface area contributed by atoms with Crippen molar-refractivity contribution in [1.29, 1.82) is 0 Å². The minimum Gasteiger partial charge on any atom is -0.394 e. The highest BCUT2D eigenvalue weighted by molar-refractivity contribution is 6.08. The Morgan fingerprint density at radius 2 is 1.53 bits per heavy atom. The van der Waals surface area contributed by atoms with Crippen LogP contribution in [0.15, 0.2) is 97.1 Å². The number of likely N-dealkylation sites (tertiary alicyclic amines) is 1. The summed E-state index contributed by atoms with van der Waals surface area (Å²) >= 11 is 0. The summed E-state index contributed by atoms with van der Waals surface area (Å²) in [4.78, 5) is 48.6. The van der Waals surface area contributed by atoms with E-state index in [0.29, 0.717) is 12.2 Å². The molecular formula is C35H35N3O5. The molecule has 3 aromatic rings. The first kappa shape index (κ1) is 27.6. The van der Waals surface area contributed by atoms with Crippen LogP contribution in [0.5, 0.6) is 0 Å². The monoisotopic (exact) mass is 577 g/mol. The highest BCUT2D eigenvalue weighted by Crippen LogP contribution is 2.54. The van der Waals surface area contributed by atoms with Crippen LogP contribution in [-0.2, 0) is 19.1 Å². The predicted molar refractivity (Wildman–Crippen MR) is 164 cm³/mol. The van der Waals surface area contributed by atoms with Crippen LogP contribution in [0.4, 0.5) is 11.4 Å². The molecule has 0 aliphatic carbocycles. The molecule has 2 saturated heterocycles. The summed E-state index contributed by atoms with van der Waals surface area (Å²) in [6, 6.07) is 21.6. The molecule has 0 aromatic heterocycles. The topological polar surface area (TPSA) is 90.4 Å². The lowest BCUT2D eigenvalue weighted by molar-refractivity contribution is -0.145. The van der Waals surface area contributed by atoms with E-state index in [1.807, 2.05) is 111 Å². The number of amides is 3. The van der Waals surface area contributed by atoms with E-state index in [4.69, 9.17) is 4.74 Å². The third kappa shape index (κ3) is 4.15. The van der Waals surface area contributed by atoms with Crippen LogP contribution >= 0.6 is 0 Å². The van der Waals surface area contributed by atoms with Crippen molar-refractivity contribution >= 4 is 39.9 Å². The van der Waals surface area contributed by atoms with Crippen molar-refractivity contribution in [2.45, 2.75) is 37.6 Å². The van der Waals surface area contributed by atoms with Crippen molar-refractivity contribution in [3.05, 3.63) is 97.1 Å². The molecule has 43 heavy (non-hydrogen) atoms. The number of fused-ring (bicyclic) bond motifs is 3. The Morgan fingerprint density at radius 3 is 2.28 bits per heavy atom. The first-order chi connectivity index (χ1) is 20.9. The number of hydrogen-bond acceptors (Lipinski definition) is 5. The molecule has 8 nitrogen and oxygen atoms in total. The number of aliphatic hydroxyl groups is 1. The highest BCUT2D eigenvalue weighted by atomic mass is 16.5. The second-order valence-electron chi connectivity index (χ2n) is 12.2. The molecule has 1 unspecified atom stereocenters. The van der Waals surface area contributed by atoms with Crippen LogP contribution in [0, 0.1) is 17.8 Å². The number of rotatable bonds is 5. The lowest BCUT2D eigenvalue weighted by atomic mass is 9.77. The van der Waals surface area contributed by atoms with E-state index < -0.39 is 35.6 Å². The second-order valence-corrected chi connectivity index (χ2v) is 12.2. The molecule has 0 bridgehead atoms. The van der Waals surface area contributed by atoms with Gasteiger partial charge in [0.25, 0.3) is 5.91 Å². The lowest BCUT2D eigenvalue weighted by Gasteiger charge is -2.39. The fourth-order valence-corrected chi connectivity index (χ4v) is 7.47. The van der Waals surface area contributed by atoms with Crippen LogP contribution < -0.4 is 9.80 Å². The number of aliphatic hydroxyl groups excluding tert-OH is 1. The fourth-order valence-electron chi connectivity index (χ4n) is 7.47. The molecule has 8 heteroatoms. The molecule has 220 valence electrons.